The monoisotopic (exact) mass is 300 g/mol. The molecule has 0 saturated carbocycles. The number of benzene rings is 1. The second-order valence-corrected chi connectivity index (χ2v) is 5.01. The maximum Gasteiger partial charge on any atom is 0.161 e. The van der Waals surface area contributed by atoms with Crippen molar-refractivity contribution in [1.82, 2.24) is 10.2 Å². The maximum atomic E-state index is 5.39. The van der Waals surface area contributed by atoms with Crippen molar-refractivity contribution >= 4 is 12.4 Å². The van der Waals surface area contributed by atoms with Gasteiger partial charge in [-0.2, -0.15) is 0 Å². The predicted octanol–water partition coefficient (Wildman–Crippen LogP) is 2.23. The average molecular weight is 301 g/mol. The molecular formula is C15H25ClN2O2. The number of nitrogens with one attached hydrogen (secondary N) is 1. The molecule has 0 aromatic heterocycles. The molecule has 0 bridgehead atoms. The zero-order chi connectivity index (χ0) is 13.7. The lowest BCUT2D eigenvalue weighted by Gasteiger charge is -2.21. The first-order chi connectivity index (χ1) is 9.24. The van der Waals surface area contributed by atoms with Crippen LogP contribution in [0.25, 0.3) is 0 Å². The zero-order valence-electron chi connectivity index (χ0n) is 12.6. The van der Waals surface area contributed by atoms with Crippen molar-refractivity contribution in [2.24, 2.45) is 0 Å². The van der Waals surface area contributed by atoms with Crippen LogP contribution in [0.5, 0.6) is 11.5 Å². The molecule has 20 heavy (non-hydrogen) atoms. The van der Waals surface area contributed by atoms with Gasteiger partial charge in [0.15, 0.2) is 11.5 Å². The van der Waals surface area contributed by atoms with Gasteiger partial charge in [0.05, 0.1) is 14.2 Å². The Balaban J connectivity index is 0.00000200. The highest BCUT2D eigenvalue weighted by Gasteiger charge is 2.13. The van der Waals surface area contributed by atoms with E-state index in [1.807, 2.05) is 0 Å². The number of aryl methyl sites for hydroxylation is 1. The van der Waals surface area contributed by atoms with Crippen molar-refractivity contribution in [3.8, 4) is 11.5 Å². The second kappa shape index (κ2) is 8.35. The van der Waals surface area contributed by atoms with Crippen LogP contribution in [0, 0.1) is 6.92 Å². The molecule has 1 N–H and O–H groups in total. The largest absolute Gasteiger partial charge is 0.493 e. The van der Waals surface area contributed by atoms with Gasteiger partial charge in [0, 0.05) is 19.6 Å². The maximum absolute atomic E-state index is 5.39. The lowest BCUT2D eigenvalue weighted by molar-refractivity contribution is 0.282. The van der Waals surface area contributed by atoms with E-state index in [9.17, 15) is 0 Å². The van der Waals surface area contributed by atoms with Crippen molar-refractivity contribution in [3.63, 3.8) is 0 Å². The fraction of sp³-hybridized carbons (Fsp3) is 0.600. The molecule has 0 amide bonds. The minimum Gasteiger partial charge on any atom is -0.493 e. The third-order valence-corrected chi connectivity index (χ3v) is 3.67. The highest BCUT2D eigenvalue weighted by molar-refractivity contribution is 5.85. The summed E-state index contributed by atoms with van der Waals surface area (Å²) in [7, 11) is 3.37. The van der Waals surface area contributed by atoms with E-state index in [1.54, 1.807) is 14.2 Å². The van der Waals surface area contributed by atoms with Crippen LogP contribution in [0.4, 0.5) is 0 Å². The number of rotatable bonds is 4. The van der Waals surface area contributed by atoms with E-state index in [0.29, 0.717) is 0 Å². The number of methoxy groups -OCH3 is 2. The van der Waals surface area contributed by atoms with E-state index in [2.05, 4.69) is 29.3 Å². The second-order valence-electron chi connectivity index (χ2n) is 5.01. The van der Waals surface area contributed by atoms with Gasteiger partial charge in [-0.05, 0) is 49.7 Å². The Kier molecular flexibility index (Phi) is 7.13. The molecule has 1 aromatic carbocycles. The highest BCUT2D eigenvalue weighted by atomic mass is 35.5. The number of hydrogen-bond donors (Lipinski definition) is 1. The van der Waals surface area contributed by atoms with Gasteiger partial charge in [0.25, 0.3) is 0 Å². The number of hydrogen-bond acceptors (Lipinski definition) is 4. The summed E-state index contributed by atoms with van der Waals surface area (Å²) in [5.41, 5.74) is 2.58. The van der Waals surface area contributed by atoms with Crippen LogP contribution in [0.15, 0.2) is 12.1 Å². The molecule has 4 nitrogen and oxygen atoms in total. The van der Waals surface area contributed by atoms with Crippen molar-refractivity contribution in [2.75, 3.05) is 40.4 Å². The smallest absolute Gasteiger partial charge is 0.161 e. The molecule has 1 fully saturated rings. The van der Waals surface area contributed by atoms with Gasteiger partial charge in [-0.25, -0.2) is 0 Å². The Morgan fingerprint density at radius 1 is 1.10 bits per heavy atom. The van der Waals surface area contributed by atoms with Gasteiger partial charge in [-0.1, -0.05) is 0 Å². The lowest BCUT2D eigenvalue weighted by atomic mass is 10.1. The fourth-order valence-electron chi connectivity index (χ4n) is 2.49. The molecule has 1 aromatic rings. The summed E-state index contributed by atoms with van der Waals surface area (Å²) in [6, 6.07) is 4.16. The summed E-state index contributed by atoms with van der Waals surface area (Å²) >= 11 is 0. The highest BCUT2D eigenvalue weighted by Crippen LogP contribution is 2.30. The number of nitrogens with zero attached hydrogens (tertiary/aromatic N) is 1. The van der Waals surface area contributed by atoms with Crippen LogP contribution < -0.4 is 14.8 Å². The third kappa shape index (κ3) is 4.27. The van der Waals surface area contributed by atoms with Crippen molar-refractivity contribution in [3.05, 3.63) is 23.3 Å². The Labute approximate surface area is 127 Å². The van der Waals surface area contributed by atoms with E-state index >= 15 is 0 Å². The Bertz CT molecular complexity index is 419. The number of halogens is 1. The zero-order valence-corrected chi connectivity index (χ0v) is 13.4. The number of ether oxygens (including phenoxy) is 2. The van der Waals surface area contributed by atoms with E-state index in [4.69, 9.17) is 9.47 Å². The molecule has 114 valence electrons. The Hall–Kier alpha value is -0.970. The molecule has 1 heterocycles. The summed E-state index contributed by atoms with van der Waals surface area (Å²) in [4.78, 5) is 2.49. The normalized spacial score (nSPS) is 16.1. The SMILES string of the molecule is COc1cc(C)c(CN2CCCNCC2)cc1OC.Cl. The van der Waals surface area contributed by atoms with Crippen molar-refractivity contribution in [1.29, 1.82) is 0 Å². The summed E-state index contributed by atoms with van der Waals surface area (Å²) in [6.45, 7) is 7.57. The molecule has 0 aliphatic carbocycles. The van der Waals surface area contributed by atoms with E-state index in [1.165, 1.54) is 17.5 Å². The fourth-order valence-corrected chi connectivity index (χ4v) is 2.49. The molecule has 0 radical (unpaired) electrons. The molecule has 0 unspecified atom stereocenters. The summed E-state index contributed by atoms with van der Waals surface area (Å²) in [6.07, 6.45) is 1.21. The Morgan fingerprint density at radius 3 is 2.50 bits per heavy atom. The summed E-state index contributed by atoms with van der Waals surface area (Å²) < 4.78 is 10.7. The van der Waals surface area contributed by atoms with E-state index in [0.717, 1.165) is 44.2 Å². The van der Waals surface area contributed by atoms with Crippen molar-refractivity contribution in [2.45, 2.75) is 19.9 Å². The van der Waals surface area contributed by atoms with Gasteiger partial charge in [-0.15, -0.1) is 12.4 Å². The molecule has 0 atom stereocenters. The molecule has 2 rings (SSSR count). The van der Waals surface area contributed by atoms with Gasteiger partial charge in [0.2, 0.25) is 0 Å². The van der Waals surface area contributed by atoms with Crippen LogP contribution in [-0.4, -0.2) is 45.3 Å². The van der Waals surface area contributed by atoms with Crippen LogP contribution in [0.1, 0.15) is 17.5 Å². The van der Waals surface area contributed by atoms with Gasteiger partial charge in [0.1, 0.15) is 0 Å². The van der Waals surface area contributed by atoms with Gasteiger partial charge >= 0.3 is 0 Å². The molecule has 0 spiro atoms. The van der Waals surface area contributed by atoms with Gasteiger partial charge in [-0.3, -0.25) is 4.90 Å². The van der Waals surface area contributed by atoms with E-state index < -0.39 is 0 Å². The molecular weight excluding hydrogens is 276 g/mol. The topological polar surface area (TPSA) is 33.7 Å². The first kappa shape index (κ1) is 17.1. The lowest BCUT2D eigenvalue weighted by Crippen LogP contribution is -2.27. The predicted molar refractivity (Wildman–Crippen MR) is 84.3 cm³/mol. The first-order valence-corrected chi connectivity index (χ1v) is 6.89. The van der Waals surface area contributed by atoms with Crippen LogP contribution >= 0.6 is 12.4 Å². The third-order valence-electron chi connectivity index (χ3n) is 3.67. The molecule has 1 aliphatic rings. The van der Waals surface area contributed by atoms with Crippen LogP contribution in [0.2, 0.25) is 0 Å². The quantitative estimate of drug-likeness (QED) is 0.924. The van der Waals surface area contributed by atoms with Crippen molar-refractivity contribution < 1.29 is 9.47 Å². The standard InChI is InChI=1S/C15H24N2O2.ClH/c1-12-9-14(18-2)15(19-3)10-13(12)11-17-7-4-5-16-6-8-17;/h9-10,16H,4-8,11H2,1-3H3;1H. The van der Waals surface area contributed by atoms with Crippen LogP contribution in [-0.2, 0) is 6.54 Å². The summed E-state index contributed by atoms with van der Waals surface area (Å²) in [5, 5.41) is 3.43. The minimum atomic E-state index is 0. The average Bonchev–Trinajstić information content (AvgIpc) is 2.69. The molecule has 1 aliphatic heterocycles. The first-order valence-electron chi connectivity index (χ1n) is 6.89. The summed E-state index contributed by atoms with van der Waals surface area (Å²) in [5.74, 6) is 1.62. The molecule has 5 heteroatoms. The van der Waals surface area contributed by atoms with E-state index in [-0.39, 0.29) is 12.4 Å². The Morgan fingerprint density at radius 2 is 1.80 bits per heavy atom. The molecule has 1 saturated heterocycles. The van der Waals surface area contributed by atoms with Gasteiger partial charge < -0.3 is 14.8 Å². The minimum absolute atomic E-state index is 0. The van der Waals surface area contributed by atoms with Crippen LogP contribution in [0.3, 0.4) is 0 Å².